The molecule has 0 radical (unpaired) electrons. The molecule has 3 aromatic heterocycles. The first-order valence-electron chi connectivity index (χ1n) is 7.41. The number of aryl methyl sites for hydroxylation is 1. The SMILES string of the molecule is O=C([O-])CSc1nc2c(-c3ccco3)c3c(nc2o1)CCCC3. The van der Waals surface area contributed by atoms with Crippen molar-refractivity contribution in [2.24, 2.45) is 0 Å². The summed E-state index contributed by atoms with van der Waals surface area (Å²) >= 11 is 0.992. The molecule has 0 fully saturated rings. The molecule has 3 aromatic rings. The van der Waals surface area contributed by atoms with Crippen molar-refractivity contribution < 1.29 is 18.7 Å². The van der Waals surface area contributed by atoms with Crippen LogP contribution in [0.2, 0.25) is 0 Å². The van der Waals surface area contributed by atoms with Gasteiger partial charge in [0.05, 0.1) is 17.8 Å². The second kappa shape index (κ2) is 5.73. The highest BCUT2D eigenvalue weighted by atomic mass is 32.2. The maximum atomic E-state index is 10.6. The molecule has 3 heterocycles. The number of pyridine rings is 1. The van der Waals surface area contributed by atoms with Crippen molar-refractivity contribution in [3.63, 3.8) is 0 Å². The second-order valence-electron chi connectivity index (χ2n) is 5.39. The predicted octanol–water partition coefficient (Wildman–Crippen LogP) is 2.20. The summed E-state index contributed by atoms with van der Waals surface area (Å²) in [5, 5.41) is 10.9. The van der Waals surface area contributed by atoms with E-state index in [4.69, 9.17) is 8.83 Å². The number of aromatic nitrogens is 2. The molecule has 118 valence electrons. The number of oxazole rings is 1. The van der Waals surface area contributed by atoms with E-state index in [9.17, 15) is 9.90 Å². The molecule has 0 atom stereocenters. The van der Waals surface area contributed by atoms with Crippen molar-refractivity contribution in [1.29, 1.82) is 0 Å². The number of carboxylic acid groups (broad SMARTS) is 1. The van der Waals surface area contributed by atoms with Gasteiger partial charge in [0.25, 0.3) is 5.22 Å². The Labute approximate surface area is 135 Å². The van der Waals surface area contributed by atoms with Crippen molar-refractivity contribution in [1.82, 2.24) is 9.97 Å². The van der Waals surface area contributed by atoms with E-state index in [1.54, 1.807) is 6.26 Å². The van der Waals surface area contributed by atoms with Crippen LogP contribution in [-0.2, 0) is 17.6 Å². The summed E-state index contributed by atoms with van der Waals surface area (Å²) in [4.78, 5) is 19.6. The minimum Gasteiger partial charge on any atom is -0.549 e. The number of aliphatic carboxylic acids is 1. The molecule has 0 aromatic carbocycles. The zero-order valence-corrected chi connectivity index (χ0v) is 13.0. The molecular formula is C16H13N2O4S-. The van der Waals surface area contributed by atoms with Gasteiger partial charge in [-0.05, 0) is 43.4 Å². The third-order valence-corrected chi connectivity index (χ3v) is 4.69. The van der Waals surface area contributed by atoms with E-state index >= 15 is 0 Å². The molecule has 0 bridgehead atoms. The lowest BCUT2D eigenvalue weighted by atomic mass is 9.91. The van der Waals surface area contributed by atoms with Crippen LogP contribution in [0.25, 0.3) is 22.6 Å². The van der Waals surface area contributed by atoms with Crippen LogP contribution < -0.4 is 5.11 Å². The van der Waals surface area contributed by atoms with Crippen molar-refractivity contribution in [2.45, 2.75) is 30.9 Å². The number of carboxylic acids is 1. The van der Waals surface area contributed by atoms with Gasteiger partial charge in [0.15, 0.2) is 0 Å². The average molecular weight is 329 g/mol. The Morgan fingerprint density at radius 2 is 2.17 bits per heavy atom. The number of furan rings is 1. The molecule has 0 spiro atoms. The molecular weight excluding hydrogens is 316 g/mol. The third-order valence-electron chi connectivity index (χ3n) is 3.88. The average Bonchev–Trinajstić information content (AvgIpc) is 3.19. The van der Waals surface area contributed by atoms with E-state index in [0.29, 0.717) is 11.2 Å². The first-order chi connectivity index (χ1) is 11.2. The monoisotopic (exact) mass is 329 g/mol. The van der Waals surface area contributed by atoms with Gasteiger partial charge in [-0.1, -0.05) is 11.8 Å². The van der Waals surface area contributed by atoms with Gasteiger partial charge in [0.1, 0.15) is 11.3 Å². The summed E-state index contributed by atoms with van der Waals surface area (Å²) in [5.41, 5.74) is 4.14. The predicted molar refractivity (Wildman–Crippen MR) is 81.9 cm³/mol. The number of rotatable bonds is 4. The Kier molecular flexibility index (Phi) is 3.57. The van der Waals surface area contributed by atoms with Crippen LogP contribution >= 0.6 is 11.8 Å². The standard InChI is InChI=1S/C16H14N2O4S/c19-12(20)8-23-16-18-14-13(11-6-3-7-21-11)9-4-1-2-5-10(9)17-15(14)22-16/h3,6-7H,1-2,4-5,8H2,(H,19,20)/p-1. The molecule has 0 saturated carbocycles. The van der Waals surface area contributed by atoms with Gasteiger partial charge >= 0.3 is 0 Å². The molecule has 0 N–H and O–H groups in total. The Bertz CT molecular complexity index is 870. The highest BCUT2D eigenvalue weighted by molar-refractivity contribution is 7.99. The quantitative estimate of drug-likeness (QED) is 0.677. The van der Waals surface area contributed by atoms with Gasteiger partial charge in [0.2, 0.25) is 5.71 Å². The molecule has 23 heavy (non-hydrogen) atoms. The zero-order valence-electron chi connectivity index (χ0n) is 12.2. The summed E-state index contributed by atoms with van der Waals surface area (Å²) in [5.74, 6) is -0.626. The number of carbonyl (C=O) groups excluding carboxylic acids is 1. The highest BCUT2D eigenvalue weighted by Gasteiger charge is 2.24. The van der Waals surface area contributed by atoms with Gasteiger partial charge in [-0.15, -0.1) is 0 Å². The van der Waals surface area contributed by atoms with Gasteiger partial charge < -0.3 is 18.7 Å². The Balaban J connectivity index is 1.89. The third kappa shape index (κ3) is 2.61. The number of hydrogen-bond donors (Lipinski definition) is 0. The van der Waals surface area contributed by atoms with Crippen LogP contribution in [0.1, 0.15) is 24.1 Å². The minimum atomic E-state index is -1.16. The number of carbonyl (C=O) groups is 1. The topological polar surface area (TPSA) is 92.2 Å². The number of nitrogens with zero attached hydrogens (tertiary/aromatic N) is 2. The molecule has 6 nitrogen and oxygen atoms in total. The van der Waals surface area contributed by atoms with Gasteiger partial charge in [-0.2, -0.15) is 0 Å². The zero-order chi connectivity index (χ0) is 15.8. The number of fused-ring (bicyclic) bond motifs is 2. The van der Waals surface area contributed by atoms with Crippen LogP contribution in [0.3, 0.4) is 0 Å². The normalized spacial score (nSPS) is 14.1. The minimum absolute atomic E-state index is 0.206. The van der Waals surface area contributed by atoms with Gasteiger partial charge in [-0.3, -0.25) is 0 Å². The largest absolute Gasteiger partial charge is 0.549 e. The van der Waals surface area contributed by atoms with Crippen LogP contribution in [-0.4, -0.2) is 21.7 Å². The summed E-state index contributed by atoms with van der Waals surface area (Å²) in [7, 11) is 0. The molecule has 0 aliphatic heterocycles. The van der Waals surface area contributed by atoms with Crippen molar-refractivity contribution in [3.8, 4) is 11.3 Å². The van der Waals surface area contributed by atoms with Crippen LogP contribution in [0.5, 0.6) is 0 Å². The lowest BCUT2D eigenvalue weighted by molar-refractivity contribution is -0.301. The van der Waals surface area contributed by atoms with Crippen LogP contribution in [0.4, 0.5) is 0 Å². The number of thioether (sulfide) groups is 1. The highest BCUT2D eigenvalue weighted by Crippen LogP contribution is 2.37. The summed E-state index contributed by atoms with van der Waals surface area (Å²) in [6.45, 7) is 0. The maximum absolute atomic E-state index is 10.6. The van der Waals surface area contributed by atoms with E-state index in [-0.39, 0.29) is 11.0 Å². The van der Waals surface area contributed by atoms with Gasteiger partial charge in [0, 0.05) is 11.4 Å². The van der Waals surface area contributed by atoms with Crippen molar-refractivity contribution in [2.75, 3.05) is 5.75 Å². The van der Waals surface area contributed by atoms with E-state index in [0.717, 1.165) is 60.0 Å². The smallest absolute Gasteiger partial charge is 0.258 e. The Morgan fingerprint density at radius 3 is 2.96 bits per heavy atom. The van der Waals surface area contributed by atoms with Crippen molar-refractivity contribution >= 4 is 29.0 Å². The van der Waals surface area contributed by atoms with Crippen molar-refractivity contribution in [3.05, 3.63) is 29.7 Å². The molecule has 0 unspecified atom stereocenters. The Morgan fingerprint density at radius 1 is 1.30 bits per heavy atom. The van der Waals surface area contributed by atoms with E-state index in [2.05, 4.69) is 9.97 Å². The molecule has 1 aliphatic rings. The van der Waals surface area contributed by atoms with E-state index in [1.807, 2.05) is 12.1 Å². The fraction of sp³-hybridized carbons (Fsp3) is 0.312. The van der Waals surface area contributed by atoms with E-state index in [1.165, 1.54) is 0 Å². The lowest BCUT2D eigenvalue weighted by Gasteiger charge is -2.17. The van der Waals surface area contributed by atoms with E-state index < -0.39 is 5.97 Å². The Hall–Kier alpha value is -2.28. The first-order valence-corrected chi connectivity index (χ1v) is 8.40. The summed E-state index contributed by atoms with van der Waals surface area (Å²) in [6.07, 6.45) is 5.67. The summed E-state index contributed by atoms with van der Waals surface area (Å²) in [6, 6.07) is 3.73. The van der Waals surface area contributed by atoms with Crippen LogP contribution in [0, 0.1) is 0 Å². The first kappa shape index (κ1) is 14.3. The fourth-order valence-corrected chi connectivity index (χ4v) is 3.48. The fourth-order valence-electron chi connectivity index (χ4n) is 2.95. The maximum Gasteiger partial charge on any atom is 0.258 e. The van der Waals surface area contributed by atoms with Crippen LogP contribution in [0.15, 0.2) is 32.5 Å². The lowest BCUT2D eigenvalue weighted by Crippen LogP contribution is -2.24. The summed E-state index contributed by atoms with van der Waals surface area (Å²) < 4.78 is 11.2. The van der Waals surface area contributed by atoms with Gasteiger partial charge in [-0.25, -0.2) is 9.97 Å². The second-order valence-corrected chi connectivity index (χ2v) is 6.32. The molecule has 0 amide bonds. The molecule has 7 heteroatoms. The molecule has 0 saturated heterocycles. The molecule has 1 aliphatic carbocycles. The number of hydrogen-bond acceptors (Lipinski definition) is 7. The molecule has 4 rings (SSSR count).